The fourth-order valence-electron chi connectivity index (χ4n) is 6.87. The van der Waals surface area contributed by atoms with Crippen LogP contribution in [0.25, 0.3) is 0 Å². The van der Waals surface area contributed by atoms with Gasteiger partial charge in [-0.3, -0.25) is 23.4 Å². The van der Waals surface area contributed by atoms with Crippen molar-refractivity contribution in [3.05, 3.63) is 97.2 Å². The van der Waals surface area contributed by atoms with Crippen molar-refractivity contribution < 1.29 is 52.2 Å². The average Bonchev–Trinajstić information content (AvgIpc) is 3.35. The molecule has 0 rings (SSSR count). The lowest BCUT2D eigenvalue weighted by Crippen LogP contribution is -2.30. The predicted octanol–water partition coefficient (Wildman–Crippen LogP) is 15.7. The third kappa shape index (κ3) is 49.4. The fourth-order valence-corrected chi connectivity index (χ4v) is 7.65. The van der Waals surface area contributed by atoms with E-state index in [2.05, 4.69) is 93.7 Å². The number of aliphatic hydroxyl groups excluding tert-OH is 1. The molecule has 0 aliphatic heterocycles. The summed E-state index contributed by atoms with van der Waals surface area (Å²) in [5, 5.41) is 9.78. The number of esters is 3. The topological polar surface area (TPSA) is 155 Å². The molecule has 0 aliphatic rings. The maximum atomic E-state index is 12.9. The molecule has 70 heavy (non-hydrogen) atoms. The van der Waals surface area contributed by atoms with Crippen molar-refractivity contribution in [2.45, 2.75) is 226 Å². The summed E-state index contributed by atoms with van der Waals surface area (Å²) in [4.78, 5) is 48.3. The average molecular weight is 1000 g/mol. The van der Waals surface area contributed by atoms with E-state index in [4.69, 9.17) is 23.3 Å². The van der Waals surface area contributed by atoms with Crippen LogP contribution in [-0.2, 0) is 42.2 Å². The number of allylic oxidation sites excluding steroid dienone is 15. The normalized spacial score (nSPS) is 14.2. The van der Waals surface area contributed by atoms with E-state index in [0.717, 1.165) is 109 Å². The molecule has 12 heteroatoms. The number of carbonyl (C=O) groups excluding carboxylic acids is 3. The van der Waals surface area contributed by atoms with Crippen LogP contribution in [-0.4, -0.2) is 66.5 Å². The van der Waals surface area contributed by atoms with E-state index in [0.29, 0.717) is 19.3 Å². The van der Waals surface area contributed by atoms with Gasteiger partial charge in [0.05, 0.1) is 26.2 Å². The van der Waals surface area contributed by atoms with Crippen LogP contribution >= 0.6 is 7.82 Å². The predicted molar refractivity (Wildman–Crippen MR) is 288 cm³/mol. The van der Waals surface area contributed by atoms with Crippen LogP contribution in [0.4, 0.5) is 0 Å². The second-order valence-electron chi connectivity index (χ2n) is 17.7. The van der Waals surface area contributed by atoms with Gasteiger partial charge in [-0.25, -0.2) is 4.57 Å². The highest BCUT2D eigenvalue weighted by Gasteiger charge is 2.28. The monoisotopic (exact) mass is 1000 g/mol. The number of rotatable bonds is 49. The van der Waals surface area contributed by atoms with Gasteiger partial charge >= 0.3 is 25.7 Å². The summed E-state index contributed by atoms with van der Waals surface area (Å²) >= 11 is 0. The van der Waals surface area contributed by atoms with Crippen molar-refractivity contribution >= 4 is 25.7 Å². The lowest BCUT2D eigenvalue weighted by Gasteiger charge is -2.21. The molecule has 2 N–H and O–H groups in total. The summed E-state index contributed by atoms with van der Waals surface area (Å²) in [5.74, 6) is -1.65. The molecule has 0 aromatic rings. The van der Waals surface area contributed by atoms with Crippen molar-refractivity contribution in [1.82, 2.24) is 0 Å². The standard InChI is InChI=1S/C58H97O11P/c1-4-7-10-13-16-19-22-25-27-30-32-35-38-41-44-47-56(60)65-51-55(69-58(62)49-46-43-40-37-34-31-28-26-23-20-17-14-11-8-5-2)53-67-70(63,64)66-52-54(50-59)68-57(61)48-45-42-39-36-33-29-24-21-18-15-12-9-6-3/h8,11,16-17,19-21,24-28,34,37,43,46,54-55,59H,4-7,9-10,12-15,18,22-23,29-33,35-36,38-42,44-45,47-53H2,1-3H3,(H,63,64)/b11-8-,19-16-,20-17-,24-21-,27-25-,28-26-,37-34-,46-43-. The van der Waals surface area contributed by atoms with E-state index in [1.54, 1.807) is 6.08 Å². The van der Waals surface area contributed by atoms with Crippen molar-refractivity contribution in [3.63, 3.8) is 0 Å². The molecule has 400 valence electrons. The number of ether oxygens (including phenoxy) is 3. The van der Waals surface area contributed by atoms with Crippen LogP contribution in [0.2, 0.25) is 0 Å². The van der Waals surface area contributed by atoms with E-state index in [-0.39, 0.29) is 25.9 Å². The molecule has 0 aromatic heterocycles. The van der Waals surface area contributed by atoms with Crippen molar-refractivity contribution in [1.29, 1.82) is 0 Å². The Morgan fingerprint density at radius 1 is 0.429 bits per heavy atom. The number of hydrogen-bond acceptors (Lipinski definition) is 10. The Morgan fingerprint density at radius 2 is 0.800 bits per heavy atom. The zero-order chi connectivity index (χ0) is 51.3. The van der Waals surface area contributed by atoms with Gasteiger partial charge in [0.2, 0.25) is 0 Å². The molecule has 0 saturated carbocycles. The maximum absolute atomic E-state index is 12.9. The first-order valence-electron chi connectivity index (χ1n) is 27.1. The van der Waals surface area contributed by atoms with Gasteiger partial charge in [0.1, 0.15) is 12.7 Å². The highest BCUT2D eigenvalue weighted by Crippen LogP contribution is 2.43. The number of carbonyl (C=O) groups is 3. The van der Waals surface area contributed by atoms with Gasteiger partial charge in [0.25, 0.3) is 0 Å². The number of unbranched alkanes of at least 4 members (excludes halogenated alkanes) is 17. The third-order valence-corrected chi connectivity index (χ3v) is 11.9. The molecule has 0 radical (unpaired) electrons. The van der Waals surface area contributed by atoms with E-state index in [9.17, 15) is 28.9 Å². The fraction of sp³-hybridized carbons (Fsp3) is 0.672. The highest BCUT2D eigenvalue weighted by atomic mass is 31.2. The maximum Gasteiger partial charge on any atom is 0.472 e. The smallest absolute Gasteiger partial charge is 0.462 e. The lowest BCUT2D eigenvalue weighted by molar-refractivity contribution is -0.160. The van der Waals surface area contributed by atoms with Crippen LogP contribution in [0.15, 0.2) is 97.2 Å². The van der Waals surface area contributed by atoms with Gasteiger partial charge in [-0.2, -0.15) is 0 Å². The quantitative estimate of drug-likeness (QED) is 0.0197. The summed E-state index contributed by atoms with van der Waals surface area (Å²) in [6.07, 6.45) is 59.7. The molecular weight excluding hydrogens is 904 g/mol. The molecule has 0 aromatic carbocycles. The Labute approximate surface area is 425 Å². The molecule has 0 heterocycles. The molecular formula is C58H97O11P. The first-order valence-corrected chi connectivity index (χ1v) is 28.6. The molecule has 0 fully saturated rings. The molecule has 3 unspecified atom stereocenters. The van der Waals surface area contributed by atoms with E-state index < -0.39 is 57.8 Å². The molecule has 0 aliphatic carbocycles. The highest BCUT2D eigenvalue weighted by molar-refractivity contribution is 7.47. The minimum Gasteiger partial charge on any atom is -0.462 e. The summed E-state index contributed by atoms with van der Waals surface area (Å²) in [7, 11) is -4.78. The molecule has 3 atom stereocenters. The zero-order valence-electron chi connectivity index (χ0n) is 43.9. The van der Waals surface area contributed by atoms with Crippen LogP contribution in [0.3, 0.4) is 0 Å². The minimum atomic E-state index is -4.78. The van der Waals surface area contributed by atoms with E-state index in [1.807, 2.05) is 18.2 Å². The van der Waals surface area contributed by atoms with Gasteiger partial charge in [0, 0.05) is 12.8 Å². The zero-order valence-corrected chi connectivity index (χ0v) is 44.8. The van der Waals surface area contributed by atoms with Crippen molar-refractivity contribution in [2.75, 3.05) is 26.4 Å². The van der Waals surface area contributed by atoms with Crippen molar-refractivity contribution in [2.24, 2.45) is 0 Å². The SMILES string of the molecule is CC/C=C\C/C=C\C/C=C\C/C=C\C/C=C\CC(=O)OC(COC(=O)CCCCCCC/C=C\C/C=C\CCCCC)COP(=O)(O)OCC(CO)OC(=O)CCCCCCC/C=C\CCCCCC. The van der Waals surface area contributed by atoms with Gasteiger partial charge in [-0.05, 0) is 103 Å². The number of aliphatic hydroxyl groups is 1. The Morgan fingerprint density at radius 3 is 1.30 bits per heavy atom. The first kappa shape index (κ1) is 66.4. The molecule has 0 saturated heterocycles. The largest absolute Gasteiger partial charge is 0.472 e. The minimum absolute atomic E-state index is 0.0718. The van der Waals surface area contributed by atoms with Gasteiger partial charge in [0.15, 0.2) is 6.10 Å². The van der Waals surface area contributed by atoms with Crippen molar-refractivity contribution in [3.8, 4) is 0 Å². The van der Waals surface area contributed by atoms with Crippen LogP contribution < -0.4 is 0 Å². The Kier molecular flexibility index (Phi) is 49.1. The molecule has 0 amide bonds. The van der Waals surface area contributed by atoms with Gasteiger partial charge in [-0.1, -0.05) is 189 Å². The molecule has 0 bridgehead atoms. The summed E-state index contributed by atoms with van der Waals surface area (Å²) in [6, 6.07) is 0. The van der Waals surface area contributed by atoms with Crippen LogP contribution in [0, 0.1) is 0 Å². The summed E-state index contributed by atoms with van der Waals surface area (Å²) in [6.45, 7) is 4.33. The Hall–Kier alpha value is -3.60. The van der Waals surface area contributed by atoms with E-state index in [1.165, 1.54) is 44.9 Å². The lowest BCUT2D eigenvalue weighted by atomic mass is 10.1. The van der Waals surface area contributed by atoms with Crippen LogP contribution in [0.1, 0.15) is 213 Å². The Balaban J connectivity index is 4.89. The Bertz CT molecular complexity index is 1540. The van der Waals surface area contributed by atoms with Crippen LogP contribution in [0.5, 0.6) is 0 Å². The second-order valence-corrected chi connectivity index (χ2v) is 19.1. The molecule has 0 spiro atoms. The summed E-state index contributed by atoms with van der Waals surface area (Å²) < 4.78 is 39.3. The van der Waals surface area contributed by atoms with Gasteiger partial charge < -0.3 is 24.2 Å². The summed E-state index contributed by atoms with van der Waals surface area (Å²) in [5.41, 5.74) is 0. The second kappa shape index (κ2) is 51.7. The van der Waals surface area contributed by atoms with Gasteiger partial charge in [-0.15, -0.1) is 0 Å². The molecule has 11 nitrogen and oxygen atoms in total. The first-order chi connectivity index (χ1) is 34.2. The number of hydrogen-bond donors (Lipinski definition) is 2. The number of phosphoric ester groups is 1. The van der Waals surface area contributed by atoms with E-state index >= 15 is 0 Å². The third-order valence-electron chi connectivity index (χ3n) is 11.0. The number of phosphoric acid groups is 1.